The van der Waals surface area contributed by atoms with Gasteiger partial charge >= 0.3 is 0 Å². The lowest BCUT2D eigenvalue weighted by atomic mass is 9.91. The molecule has 1 saturated carbocycles. The molecule has 0 saturated heterocycles. The van der Waals surface area contributed by atoms with E-state index in [9.17, 15) is 0 Å². The predicted molar refractivity (Wildman–Crippen MR) is 78.4 cm³/mol. The first-order valence-electron chi connectivity index (χ1n) is 7.62. The topological polar surface area (TPSA) is 21.3 Å². The maximum Gasteiger partial charge on any atom is 0.125 e. The number of hydrogen-bond acceptors (Lipinski definition) is 2. The van der Waals surface area contributed by atoms with Gasteiger partial charge in [-0.1, -0.05) is 31.0 Å². The van der Waals surface area contributed by atoms with E-state index in [0.29, 0.717) is 12.1 Å². The number of benzene rings is 1. The second-order valence-corrected chi connectivity index (χ2v) is 6.68. The van der Waals surface area contributed by atoms with Gasteiger partial charge in [0.05, 0.1) is 6.04 Å². The minimum atomic E-state index is -0.156. The number of hydrogen-bond donors (Lipinski definition) is 1. The molecule has 0 radical (unpaired) electrons. The van der Waals surface area contributed by atoms with Gasteiger partial charge in [-0.25, -0.2) is 0 Å². The molecule has 0 amide bonds. The van der Waals surface area contributed by atoms with Crippen molar-refractivity contribution in [1.82, 2.24) is 5.32 Å². The molecular formula is C17H25NO. The second kappa shape index (κ2) is 4.82. The molecule has 2 nitrogen and oxygen atoms in total. The van der Waals surface area contributed by atoms with Crippen LogP contribution in [0.15, 0.2) is 24.3 Å². The quantitative estimate of drug-likeness (QED) is 0.883. The Balaban J connectivity index is 1.78. The maximum atomic E-state index is 6.11. The fourth-order valence-corrected chi connectivity index (χ4v) is 3.68. The Kier molecular flexibility index (Phi) is 3.30. The van der Waals surface area contributed by atoms with Crippen LogP contribution in [-0.2, 0) is 0 Å². The zero-order valence-corrected chi connectivity index (χ0v) is 12.3. The van der Waals surface area contributed by atoms with Crippen molar-refractivity contribution in [3.8, 4) is 5.75 Å². The molecule has 2 atom stereocenters. The first-order chi connectivity index (χ1) is 9.08. The Bertz CT molecular complexity index is 448. The van der Waals surface area contributed by atoms with Crippen molar-refractivity contribution in [3.05, 3.63) is 29.8 Å². The van der Waals surface area contributed by atoms with Gasteiger partial charge in [0.15, 0.2) is 0 Å². The van der Waals surface area contributed by atoms with Crippen molar-refractivity contribution in [2.24, 2.45) is 5.92 Å². The lowest BCUT2D eigenvalue weighted by molar-refractivity contribution is 0.0877. The van der Waals surface area contributed by atoms with E-state index in [1.54, 1.807) is 0 Å². The molecule has 1 aromatic carbocycles. The summed E-state index contributed by atoms with van der Waals surface area (Å²) in [5.41, 5.74) is 1.16. The normalized spacial score (nSPS) is 27.0. The van der Waals surface area contributed by atoms with Gasteiger partial charge in [0, 0.05) is 11.6 Å². The third kappa shape index (κ3) is 2.38. The molecule has 1 aliphatic carbocycles. The molecule has 0 aromatic heterocycles. The first-order valence-corrected chi connectivity index (χ1v) is 7.62. The highest BCUT2D eigenvalue weighted by atomic mass is 16.5. The smallest absolute Gasteiger partial charge is 0.125 e. The molecule has 3 rings (SSSR count). The van der Waals surface area contributed by atoms with Gasteiger partial charge in [-0.3, -0.25) is 0 Å². The van der Waals surface area contributed by atoms with Gasteiger partial charge in [0.1, 0.15) is 11.4 Å². The Morgan fingerprint density at radius 1 is 1.21 bits per heavy atom. The first kappa shape index (κ1) is 13.0. The third-order valence-corrected chi connectivity index (χ3v) is 4.83. The number of rotatable bonds is 3. The van der Waals surface area contributed by atoms with Crippen molar-refractivity contribution in [2.75, 3.05) is 0 Å². The molecule has 2 heteroatoms. The standard InChI is InChI=1S/C17H25NO/c1-12(13-8-4-5-9-13)18-16-14-10-6-7-11-15(14)19-17(16,2)3/h6-7,10-13,16,18H,4-5,8-9H2,1-3H3. The molecule has 104 valence electrons. The zero-order valence-electron chi connectivity index (χ0n) is 12.3. The van der Waals surface area contributed by atoms with Gasteiger partial charge in [-0.05, 0) is 45.6 Å². The van der Waals surface area contributed by atoms with E-state index in [2.05, 4.69) is 50.4 Å². The zero-order chi connectivity index (χ0) is 13.5. The van der Waals surface area contributed by atoms with E-state index >= 15 is 0 Å². The second-order valence-electron chi connectivity index (χ2n) is 6.68. The Hall–Kier alpha value is -1.02. The fraction of sp³-hybridized carbons (Fsp3) is 0.647. The van der Waals surface area contributed by atoms with Gasteiger partial charge < -0.3 is 10.1 Å². The van der Waals surface area contributed by atoms with E-state index in [-0.39, 0.29) is 5.60 Å². The van der Waals surface area contributed by atoms with E-state index in [0.717, 1.165) is 11.7 Å². The highest BCUT2D eigenvalue weighted by molar-refractivity contribution is 5.42. The van der Waals surface area contributed by atoms with E-state index in [4.69, 9.17) is 4.74 Å². The summed E-state index contributed by atoms with van der Waals surface area (Å²) in [6, 6.07) is 9.32. The molecule has 19 heavy (non-hydrogen) atoms. The molecule has 1 aromatic rings. The summed E-state index contributed by atoms with van der Waals surface area (Å²) in [6.07, 6.45) is 5.56. The van der Waals surface area contributed by atoms with Crippen LogP contribution < -0.4 is 10.1 Å². The minimum Gasteiger partial charge on any atom is -0.486 e. The van der Waals surface area contributed by atoms with Crippen LogP contribution in [-0.4, -0.2) is 11.6 Å². The third-order valence-electron chi connectivity index (χ3n) is 4.83. The average Bonchev–Trinajstić information content (AvgIpc) is 2.96. The van der Waals surface area contributed by atoms with Crippen molar-refractivity contribution >= 4 is 0 Å². The minimum absolute atomic E-state index is 0.156. The number of fused-ring (bicyclic) bond motifs is 1. The van der Waals surface area contributed by atoms with E-state index in [1.165, 1.54) is 31.2 Å². The molecule has 0 spiro atoms. The SMILES string of the molecule is CC(NC1c2ccccc2OC1(C)C)C1CCCC1. The summed E-state index contributed by atoms with van der Waals surface area (Å²) in [5, 5.41) is 3.84. The Morgan fingerprint density at radius 3 is 2.63 bits per heavy atom. The van der Waals surface area contributed by atoms with Gasteiger partial charge in [-0.2, -0.15) is 0 Å². The molecule has 1 heterocycles. The lowest BCUT2D eigenvalue weighted by Gasteiger charge is -2.32. The summed E-state index contributed by atoms with van der Waals surface area (Å²) in [5.74, 6) is 1.88. The average molecular weight is 259 g/mol. The van der Waals surface area contributed by atoms with Gasteiger partial charge in [0.2, 0.25) is 0 Å². The molecular weight excluding hydrogens is 234 g/mol. The van der Waals surface area contributed by atoms with Crippen molar-refractivity contribution in [1.29, 1.82) is 0 Å². The van der Waals surface area contributed by atoms with Crippen LogP contribution in [0, 0.1) is 5.92 Å². The Morgan fingerprint density at radius 2 is 1.89 bits per heavy atom. The summed E-state index contributed by atoms with van der Waals surface area (Å²) < 4.78 is 6.11. The molecule has 2 unspecified atom stereocenters. The van der Waals surface area contributed by atoms with Crippen molar-refractivity contribution in [2.45, 2.75) is 64.1 Å². The number of para-hydroxylation sites is 1. The summed E-state index contributed by atoms with van der Waals surface area (Å²) >= 11 is 0. The van der Waals surface area contributed by atoms with E-state index in [1.807, 2.05) is 0 Å². The lowest BCUT2D eigenvalue weighted by Crippen LogP contribution is -2.44. The highest BCUT2D eigenvalue weighted by Gasteiger charge is 2.42. The number of nitrogens with one attached hydrogen (secondary N) is 1. The van der Waals surface area contributed by atoms with E-state index < -0.39 is 0 Å². The van der Waals surface area contributed by atoms with Crippen LogP contribution in [0.4, 0.5) is 0 Å². The summed E-state index contributed by atoms with van der Waals surface area (Å²) in [7, 11) is 0. The van der Waals surface area contributed by atoms with Gasteiger partial charge in [0.25, 0.3) is 0 Å². The molecule has 1 N–H and O–H groups in total. The highest BCUT2D eigenvalue weighted by Crippen LogP contribution is 2.43. The number of ether oxygens (including phenoxy) is 1. The van der Waals surface area contributed by atoms with Crippen LogP contribution in [0.2, 0.25) is 0 Å². The predicted octanol–water partition coefficient (Wildman–Crippen LogP) is 4.07. The Labute approximate surface area is 116 Å². The molecule has 1 aliphatic heterocycles. The van der Waals surface area contributed by atoms with Crippen LogP contribution in [0.5, 0.6) is 5.75 Å². The largest absolute Gasteiger partial charge is 0.486 e. The van der Waals surface area contributed by atoms with Crippen molar-refractivity contribution < 1.29 is 4.74 Å². The molecule has 0 bridgehead atoms. The molecule has 1 fully saturated rings. The van der Waals surface area contributed by atoms with Crippen LogP contribution >= 0.6 is 0 Å². The van der Waals surface area contributed by atoms with Crippen LogP contribution in [0.3, 0.4) is 0 Å². The maximum absolute atomic E-state index is 6.11. The molecule has 2 aliphatic rings. The van der Waals surface area contributed by atoms with Crippen molar-refractivity contribution in [3.63, 3.8) is 0 Å². The van der Waals surface area contributed by atoms with Crippen LogP contribution in [0.25, 0.3) is 0 Å². The monoisotopic (exact) mass is 259 g/mol. The summed E-state index contributed by atoms with van der Waals surface area (Å²) in [6.45, 7) is 6.71. The summed E-state index contributed by atoms with van der Waals surface area (Å²) in [4.78, 5) is 0. The van der Waals surface area contributed by atoms with Gasteiger partial charge in [-0.15, -0.1) is 0 Å². The van der Waals surface area contributed by atoms with Crippen LogP contribution in [0.1, 0.15) is 58.1 Å². The fourth-order valence-electron chi connectivity index (χ4n) is 3.68.